The van der Waals surface area contributed by atoms with Crippen LogP contribution in [0.25, 0.3) is 0 Å². The van der Waals surface area contributed by atoms with E-state index in [4.69, 9.17) is 5.84 Å². The standard InChI is InChI=1S/C11H8F3N5O2/c12-6-3-5(4-7(13)10(6)14)16-11-8(19(20)21)1-2-9(17-11)18-15/h1-4H,15H2,(H2,16,17,18). The molecule has 0 spiro atoms. The lowest BCUT2D eigenvalue weighted by Crippen LogP contribution is -2.10. The van der Waals surface area contributed by atoms with Crippen LogP contribution in [-0.4, -0.2) is 9.91 Å². The number of nitrogens with one attached hydrogen (secondary N) is 2. The molecule has 0 bridgehead atoms. The van der Waals surface area contributed by atoms with E-state index in [0.29, 0.717) is 12.1 Å². The Hall–Kier alpha value is -2.88. The predicted molar refractivity (Wildman–Crippen MR) is 68.3 cm³/mol. The Kier molecular flexibility index (Phi) is 3.89. The van der Waals surface area contributed by atoms with Crippen LogP contribution in [-0.2, 0) is 0 Å². The quantitative estimate of drug-likeness (QED) is 0.346. The SMILES string of the molecule is NNc1ccc([N+](=O)[O-])c(Nc2cc(F)c(F)c(F)c2)n1. The summed E-state index contributed by atoms with van der Waals surface area (Å²) in [6.07, 6.45) is 0. The molecule has 0 saturated heterocycles. The van der Waals surface area contributed by atoms with E-state index in [1.807, 2.05) is 0 Å². The molecule has 21 heavy (non-hydrogen) atoms. The van der Waals surface area contributed by atoms with Crippen molar-refractivity contribution in [3.63, 3.8) is 0 Å². The molecule has 10 heteroatoms. The van der Waals surface area contributed by atoms with E-state index in [2.05, 4.69) is 15.7 Å². The van der Waals surface area contributed by atoms with Crippen molar-refractivity contribution >= 4 is 23.0 Å². The van der Waals surface area contributed by atoms with Crippen LogP contribution >= 0.6 is 0 Å². The van der Waals surface area contributed by atoms with Crippen molar-refractivity contribution in [3.8, 4) is 0 Å². The lowest BCUT2D eigenvalue weighted by Gasteiger charge is -2.08. The highest BCUT2D eigenvalue weighted by Crippen LogP contribution is 2.28. The third kappa shape index (κ3) is 3.00. The average molecular weight is 299 g/mol. The average Bonchev–Trinajstić information content (AvgIpc) is 2.44. The van der Waals surface area contributed by atoms with Crippen molar-refractivity contribution in [3.05, 3.63) is 51.8 Å². The third-order valence-electron chi connectivity index (χ3n) is 2.47. The minimum atomic E-state index is -1.64. The first-order valence-corrected chi connectivity index (χ1v) is 5.46. The summed E-state index contributed by atoms with van der Waals surface area (Å²) in [5.74, 6) is 0.399. The highest BCUT2D eigenvalue weighted by atomic mass is 19.2. The molecule has 1 heterocycles. The molecule has 0 aliphatic carbocycles. The van der Waals surface area contributed by atoms with E-state index in [0.717, 1.165) is 6.07 Å². The summed E-state index contributed by atoms with van der Waals surface area (Å²) in [5.41, 5.74) is 1.48. The molecule has 0 unspecified atom stereocenters. The summed E-state index contributed by atoms with van der Waals surface area (Å²) in [4.78, 5) is 13.9. The summed E-state index contributed by atoms with van der Waals surface area (Å²) >= 11 is 0. The first-order chi connectivity index (χ1) is 9.92. The van der Waals surface area contributed by atoms with Gasteiger partial charge in [0.15, 0.2) is 17.5 Å². The first-order valence-electron chi connectivity index (χ1n) is 5.46. The molecule has 0 amide bonds. The molecule has 2 aromatic rings. The van der Waals surface area contributed by atoms with Crippen molar-refractivity contribution in [2.75, 3.05) is 10.7 Å². The Balaban J connectivity index is 2.45. The van der Waals surface area contributed by atoms with E-state index in [1.165, 1.54) is 6.07 Å². The second-order valence-corrected chi connectivity index (χ2v) is 3.84. The van der Waals surface area contributed by atoms with Crippen LogP contribution in [0, 0.1) is 27.6 Å². The Bertz CT molecular complexity index is 687. The minimum absolute atomic E-state index is 0.0890. The number of hydrazine groups is 1. The molecule has 0 saturated carbocycles. The highest BCUT2D eigenvalue weighted by molar-refractivity contribution is 5.67. The van der Waals surface area contributed by atoms with Gasteiger partial charge in [0.2, 0.25) is 5.82 Å². The summed E-state index contributed by atoms with van der Waals surface area (Å²) in [7, 11) is 0. The maximum Gasteiger partial charge on any atom is 0.311 e. The number of nitrogens with two attached hydrogens (primary N) is 1. The first kappa shape index (κ1) is 14.5. The van der Waals surface area contributed by atoms with Gasteiger partial charge in [-0.1, -0.05) is 0 Å². The van der Waals surface area contributed by atoms with E-state index >= 15 is 0 Å². The fourth-order valence-electron chi connectivity index (χ4n) is 1.54. The lowest BCUT2D eigenvalue weighted by atomic mass is 10.2. The normalized spacial score (nSPS) is 10.3. The van der Waals surface area contributed by atoms with Gasteiger partial charge >= 0.3 is 5.69 Å². The number of anilines is 3. The molecular weight excluding hydrogens is 291 g/mol. The highest BCUT2D eigenvalue weighted by Gasteiger charge is 2.18. The van der Waals surface area contributed by atoms with Crippen molar-refractivity contribution in [2.24, 2.45) is 5.84 Å². The molecule has 1 aromatic heterocycles. The van der Waals surface area contributed by atoms with Crippen LogP contribution in [0.5, 0.6) is 0 Å². The minimum Gasteiger partial charge on any atom is -0.334 e. The summed E-state index contributed by atoms with van der Waals surface area (Å²) in [6, 6.07) is 3.63. The Morgan fingerprint density at radius 1 is 1.19 bits per heavy atom. The molecule has 0 aliphatic rings. The van der Waals surface area contributed by atoms with Gasteiger partial charge in [-0.05, 0) is 6.07 Å². The maximum absolute atomic E-state index is 13.1. The van der Waals surface area contributed by atoms with Gasteiger partial charge < -0.3 is 10.7 Å². The number of nitrogen functional groups attached to an aromatic ring is 1. The number of hydrogen-bond donors (Lipinski definition) is 3. The fraction of sp³-hybridized carbons (Fsp3) is 0. The second-order valence-electron chi connectivity index (χ2n) is 3.84. The van der Waals surface area contributed by atoms with E-state index in [-0.39, 0.29) is 17.3 Å². The Morgan fingerprint density at radius 2 is 1.81 bits per heavy atom. The van der Waals surface area contributed by atoms with Gasteiger partial charge in [-0.3, -0.25) is 10.1 Å². The molecule has 2 rings (SSSR count). The van der Waals surface area contributed by atoms with Crippen LogP contribution in [0.1, 0.15) is 0 Å². The Morgan fingerprint density at radius 3 is 2.33 bits per heavy atom. The van der Waals surface area contributed by atoms with Crippen LogP contribution in [0.15, 0.2) is 24.3 Å². The van der Waals surface area contributed by atoms with Gasteiger partial charge in [-0.25, -0.2) is 24.0 Å². The number of halogens is 3. The molecule has 0 aliphatic heterocycles. The number of rotatable bonds is 4. The summed E-state index contributed by atoms with van der Waals surface area (Å²) in [6.45, 7) is 0. The lowest BCUT2D eigenvalue weighted by molar-refractivity contribution is -0.384. The molecule has 4 N–H and O–H groups in total. The molecule has 1 aromatic carbocycles. The molecule has 0 radical (unpaired) electrons. The topological polar surface area (TPSA) is 106 Å². The van der Waals surface area contributed by atoms with Crippen molar-refractivity contribution < 1.29 is 18.1 Å². The van der Waals surface area contributed by atoms with E-state index < -0.39 is 28.1 Å². The maximum atomic E-state index is 13.1. The zero-order valence-corrected chi connectivity index (χ0v) is 10.2. The summed E-state index contributed by atoms with van der Waals surface area (Å²) in [5, 5.41) is 13.2. The zero-order chi connectivity index (χ0) is 15.6. The number of pyridine rings is 1. The smallest absolute Gasteiger partial charge is 0.311 e. The van der Waals surface area contributed by atoms with Gasteiger partial charge in [0.25, 0.3) is 0 Å². The van der Waals surface area contributed by atoms with Crippen LogP contribution in [0.3, 0.4) is 0 Å². The molecule has 110 valence electrons. The molecular formula is C11H8F3N5O2. The van der Waals surface area contributed by atoms with Crippen molar-refractivity contribution in [1.29, 1.82) is 0 Å². The fourth-order valence-corrected chi connectivity index (χ4v) is 1.54. The summed E-state index contributed by atoms with van der Waals surface area (Å²) < 4.78 is 39.1. The van der Waals surface area contributed by atoms with Crippen LogP contribution in [0.4, 0.5) is 36.2 Å². The van der Waals surface area contributed by atoms with Crippen molar-refractivity contribution in [1.82, 2.24) is 4.98 Å². The van der Waals surface area contributed by atoms with Gasteiger partial charge in [0, 0.05) is 23.9 Å². The van der Waals surface area contributed by atoms with E-state index in [1.54, 1.807) is 0 Å². The van der Waals surface area contributed by atoms with Gasteiger partial charge in [0.1, 0.15) is 5.82 Å². The number of aromatic nitrogens is 1. The van der Waals surface area contributed by atoms with Crippen LogP contribution in [0.2, 0.25) is 0 Å². The van der Waals surface area contributed by atoms with Crippen LogP contribution < -0.4 is 16.6 Å². The molecule has 0 atom stereocenters. The van der Waals surface area contributed by atoms with Gasteiger partial charge in [-0.15, -0.1) is 0 Å². The monoisotopic (exact) mass is 299 g/mol. The van der Waals surface area contributed by atoms with E-state index in [9.17, 15) is 23.3 Å². The molecule has 0 fully saturated rings. The number of nitro groups is 1. The molecule has 7 nitrogen and oxygen atoms in total. The predicted octanol–water partition coefficient (Wildman–Crippen LogP) is 2.44. The number of hydrogen-bond acceptors (Lipinski definition) is 6. The van der Waals surface area contributed by atoms with Gasteiger partial charge in [0.05, 0.1) is 4.92 Å². The largest absolute Gasteiger partial charge is 0.334 e. The Labute approximate surface area is 115 Å². The second kappa shape index (κ2) is 5.63. The number of nitrogens with zero attached hydrogens (tertiary/aromatic N) is 2. The third-order valence-corrected chi connectivity index (χ3v) is 2.47. The van der Waals surface area contributed by atoms with Gasteiger partial charge in [-0.2, -0.15) is 0 Å². The number of benzene rings is 1. The van der Waals surface area contributed by atoms with Crippen molar-refractivity contribution in [2.45, 2.75) is 0 Å². The zero-order valence-electron chi connectivity index (χ0n) is 10.2.